The number of nitrogen functional groups attached to an aromatic ring is 1. The first-order valence-electron chi connectivity index (χ1n) is 35.0. The van der Waals surface area contributed by atoms with Gasteiger partial charge < -0.3 is 40.5 Å². The summed E-state index contributed by atoms with van der Waals surface area (Å²) in [6.07, 6.45) is 0.926. The van der Waals surface area contributed by atoms with E-state index in [9.17, 15) is 27.6 Å². The van der Waals surface area contributed by atoms with Gasteiger partial charge in [-0.3, -0.25) is 21.3 Å². The summed E-state index contributed by atoms with van der Waals surface area (Å²) in [4.78, 5) is 74.8. The van der Waals surface area contributed by atoms with Gasteiger partial charge >= 0.3 is 31.5 Å². The van der Waals surface area contributed by atoms with Crippen LogP contribution < -0.4 is 38.2 Å². The van der Waals surface area contributed by atoms with E-state index in [1.807, 2.05) is 133 Å². The Hall–Kier alpha value is -11.1. The first kappa shape index (κ1) is 98.9. The summed E-state index contributed by atoms with van der Waals surface area (Å²) in [5.41, 5.74) is 21.5. The molecule has 0 aliphatic heterocycles. The number of nitrogens with two attached hydrogens (primary N) is 2. The fourth-order valence-corrected chi connectivity index (χ4v) is 9.12. The third kappa shape index (κ3) is 41.9. The number of carbonyl (C=O) groups is 4. The van der Waals surface area contributed by atoms with Gasteiger partial charge in [-0.15, -0.1) is 0 Å². The van der Waals surface area contributed by atoms with Gasteiger partial charge in [0.25, 0.3) is 0 Å². The van der Waals surface area contributed by atoms with Crippen LogP contribution in [0.2, 0.25) is 0 Å². The Bertz CT molecular complexity index is 4740. The van der Waals surface area contributed by atoms with Crippen LogP contribution in [0.15, 0.2) is 217 Å². The second-order valence-electron chi connectivity index (χ2n) is 27.9. The molecule has 10 aromatic rings. The van der Waals surface area contributed by atoms with Gasteiger partial charge in [0.2, 0.25) is 9.05 Å². The molecule has 0 saturated carbocycles. The van der Waals surface area contributed by atoms with E-state index in [-0.39, 0.29) is 23.9 Å². The number of pyridine rings is 5. The number of hydrogen-bond acceptors (Lipinski definition) is 19. The Morgan fingerprint density at radius 1 is 0.447 bits per heavy atom. The Morgan fingerprint density at radius 2 is 0.702 bits per heavy atom. The molecular weight excluding hydrogens is 1600 g/mol. The molecular formula is C84H100BBrClN13NiO12S. The number of aryl methyl sites for hydroxylation is 2. The summed E-state index contributed by atoms with van der Waals surface area (Å²) in [7, 11) is -0.141. The van der Waals surface area contributed by atoms with Crippen LogP contribution in [0.3, 0.4) is 0 Å². The molecule has 0 spiro atoms. The zero-order valence-corrected chi connectivity index (χ0v) is 69.8. The Labute approximate surface area is 693 Å². The molecule has 0 radical (unpaired) electrons. The first-order valence-corrected chi connectivity index (χ1v) is 38.5. The second kappa shape index (κ2) is 48.0. The number of halogens is 2. The molecule has 0 bridgehead atoms. The maximum atomic E-state index is 11.8. The van der Waals surface area contributed by atoms with Crippen LogP contribution in [0.25, 0.3) is 54.7 Å². The molecule has 30 heteroatoms. The smallest absolute Gasteiger partial charge is 0.444 e. The third-order valence-electron chi connectivity index (χ3n) is 13.7. The molecule has 114 heavy (non-hydrogen) atoms. The van der Waals surface area contributed by atoms with E-state index in [0.29, 0.717) is 62.8 Å². The van der Waals surface area contributed by atoms with Crippen molar-refractivity contribution in [2.75, 3.05) is 33.3 Å². The number of rotatable bonds is 12. The number of carbonyl (C=O) groups excluding carboxylic acids is 4. The molecule has 5 aromatic carbocycles. The summed E-state index contributed by atoms with van der Waals surface area (Å²) in [6, 6.07) is 65.0. The molecule has 4 amide bonds. The molecule has 0 saturated heterocycles. The zero-order chi connectivity index (χ0) is 83.4. The van der Waals surface area contributed by atoms with Gasteiger partial charge in [0.05, 0.1) is 42.2 Å². The van der Waals surface area contributed by atoms with Gasteiger partial charge in [0.1, 0.15) is 56.1 Å². The van der Waals surface area contributed by atoms with Gasteiger partial charge in [-0.1, -0.05) is 173 Å². The van der Waals surface area contributed by atoms with Gasteiger partial charge in [-0.05, 0) is 200 Å². The van der Waals surface area contributed by atoms with Crippen molar-refractivity contribution in [1.29, 1.82) is 0 Å². The van der Waals surface area contributed by atoms with Gasteiger partial charge in [0, 0.05) is 50.4 Å². The molecule has 0 aliphatic carbocycles. The standard InChI is InChI=1S/C18H22N2O2.C17H17N3O2.C17H21N3O2.C13H14N2.C10H13BrN2O2.C7H6BNO2.CH3ClO2S.CH4.Ni/c1-5-13-9-11-14(12-10-13)15-7-6-8-16(19-15)20-17(21)22-18(2,3)4;1-17(2,3)22-16(21)20-15-7-5-6-14(19-15)12-8-10-13(18-4)11-9-12;1-17(2,3)22-16(21)20-15-6-4-5-14(19-15)13-9-7-12(11-18)8-10-13;1-2-10-6-8-11(9-7-10)12-4-3-5-13(14)15-12;1-10(2,3)15-9(14)13-8-6-4-5-7(11)12-8;1-9-7-4-2-6(3-5-7)8(10)11;1-5(2,3)4;;/h6-12H,5H2,1-4H3,(H,19,20,21);5-11H,1-3H3,(H,19,20,21);4-10H,11,18H2,1-3H3,(H,19,20,21);3-9H,2H2,1H3,(H2,14,15);4-6H,1-3H3,(H,12,13,14);2-5,10-11H;1H3;1H4;. The predicted octanol–water partition coefficient (Wildman–Crippen LogP) is 19.7. The summed E-state index contributed by atoms with van der Waals surface area (Å²) >= 11 is 3.21. The zero-order valence-electron chi connectivity index (χ0n) is 65.6. The molecule has 25 nitrogen and oxygen atoms in total. The van der Waals surface area contributed by atoms with Crippen LogP contribution >= 0.6 is 26.6 Å². The van der Waals surface area contributed by atoms with E-state index >= 15 is 0 Å². The van der Waals surface area contributed by atoms with Crippen molar-refractivity contribution in [2.24, 2.45) is 5.73 Å². The van der Waals surface area contributed by atoms with Crippen LogP contribution in [0.1, 0.15) is 121 Å². The average molecular weight is 1700 g/mol. The van der Waals surface area contributed by atoms with Crippen LogP contribution in [-0.4, -0.2) is 104 Å². The number of hydrogen-bond donors (Lipinski definition) is 8. The van der Waals surface area contributed by atoms with Gasteiger partial charge in [0.15, 0.2) is 11.4 Å². The number of anilines is 5. The van der Waals surface area contributed by atoms with Crippen LogP contribution in [0.4, 0.5) is 59.6 Å². The monoisotopic (exact) mass is 1700 g/mol. The van der Waals surface area contributed by atoms with E-state index in [1.54, 1.807) is 114 Å². The molecule has 0 fully saturated rings. The van der Waals surface area contributed by atoms with E-state index < -0.39 is 62.9 Å². The minimum absolute atomic E-state index is 0. The molecule has 606 valence electrons. The van der Waals surface area contributed by atoms with E-state index in [1.165, 1.54) is 23.3 Å². The predicted molar refractivity (Wildman–Crippen MR) is 457 cm³/mol. The summed E-state index contributed by atoms with van der Waals surface area (Å²) in [6.45, 7) is 40.1. The Balaban J connectivity index is 0.000000463. The molecule has 0 atom stereocenters. The van der Waals surface area contributed by atoms with Crippen LogP contribution in [0.5, 0.6) is 0 Å². The van der Waals surface area contributed by atoms with Crippen molar-refractivity contribution >= 4 is 113 Å². The maximum Gasteiger partial charge on any atom is 0.488 e. The normalized spacial score (nSPS) is 10.5. The Morgan fingerprint density at radius 3 is 0.956 bits per heavy atom. The van der Waals surface area contributed by atoms with Crippen molar-refractivity contribution in [2.45, 2.75) is 146 Å². The first-order chi connectivity index (χ1) is 52.5. The van der Waals surface area contributed by atoms with Crippen molar-refractivity contribution in [3.8, 4) is 45.0 Å². The Kier molecular flexibility index (Phi) is 41.7. The summed E-state index contributed by atoms with van der Waals surface area (Å²) < 4.78 is 40.2. The van der Waals surface area contributed by atoms with Crippen molar-refractivity contribution in [1.82, 2.24) is 24.9 Å². The number of ether oxygens (including phenoxy) is 4. The van der Waals surface area contributed by atoms with E-state index in [0.717, 1.165) is 64.0 Å². The van der Waals surface area contributed by atoms with Crippen molar-refractivity contribution < 1.29 is 73.1 Å². The molecule has 0 unspecified atom stereocenters. The minimum Gasteiger partial charge on any atom is -0.444 e. The van der Waals surface area contributed by atoms with Crippen molar-refractivity contribution in [3.63, 3.8) is 0 Å². The number of amides is 4. The van der Waals surface area contributed by atoms with Crippen molar-refractivity contribution in [3.05, 3.63) is 256 Å². The number of aromatic nitrogens is 5. The molecule has 5 heterocycles. The quantitative estimate of drug-likeness (QED) is 0.0185. The maximum absolute atomic E-state index is 11.8. The van der Waals surface area contributed by atoms with Gasteiger partial charge in [-0.2, -0.15) is 0 Å². The number of benzene rings is 5. The third-order valence-corrected chi connectivity index (χ3v) is 14.1. The van der Waals surface area contributed by atoms with E-state index in [2.05, 4.69) is 133 Å². The fraction of sp³-hybridized carbons (Fsp3) is 0.274. The van der Waals surface area contributed by atoms with E-state index in [4.69, 9.17) is 53.6 Å². The number of nitrogens with one attached hydrogen (secondary N) is 4. The van der Waals surface area contributed by atoms with Crippen LogP contribution in [-0.2, 0) is 63.9 Å². The second-order valence-corrected chi connectivity index (χ2v) is 31.8. The summed E-state index contributed by atoms with van der Waals surface area (Å²) in [5, 5.41) is 27.8. The topological polar surface area (TPSA) is 353 Å². The largest absolute Gasteiger partial charge is 0.488 e. The van der Waals surface area contributed by atoms with Gasteiger partial charge in [-0.25, -0.2) is 62.2 Å². The average Bonchev–Trinajstić information content (AvgIpc) is 0.844. The molecule has 10 N–H and O–H groups in total. The summed E-state index contributed by atoms with van der Waals surface area (Å²) in [5.74, 6) is 2.37. The molecule has 5 aromatic heterocycles. The number of nitrogens with zero attached hydrogens (tertiary/aromatic N) is 7. The minimum atomic E-state index is -3.19. The molecule has 0 aliphatic rings. The van der Waals surface area contributed by atoms with Crippen LogP contribution in [0, 0.1) is 13.1 Å². The SMILES string of the molecule is C.CC(C)(C)OC(=O)Nc1cccc(-c2ccc(CN)cc2)n1.CC(C)(C)OC(=O)Nc1cccc(Br)n1.CCc1ccc(-c2cccc(N)n2)cc1.CCc1ccc(-c2cccc(NC(=O)OC(C)(C)C)n2)cc1.CS(=O)(=O)Cl.[C-]#[N+]c1ccc(-c2cccc(NC(=O)OC(C)(C)C)n2)cc1.[C-]#[N+]c1ccc(B(O)O)cc1.[Ni]. The fourth-order valence-electron chi connectivity index (χ4n) is 8.78. The molecule has 10 rings (SSSR count).